The molecule has 0 aliphatic carbocycles. The first kappa shape index (κ1) is 10.4. The molecule has 86 valence electrons. The summed E-state index contributed by atoms with van der Waals surface area (Å²) in [5.41, 5.74) is 1.20. The van der Waals surface area contributed by atoms with E-state index in [1.54, 1.807) is 18.2 Å². The first-order valence-electron chi connectivity index (χ1n) is 5.14. The van der Waals surface area contributed by atoms with Gasteiger partial charge in [0.1, 0.15) is 18.2 Å². The summed E-state index contributed by atoms with van der Waals surface area (Å²) in [7, 11) is 0. The summed E-state index contributed by atoms with van der Waals surface area (Å²) in [5.74, 6) is -0.582. The van der Waals surface area contributed by atoms with Gasteiger partial charge in [-0.15, -0.1) is 0 Å². The maximum atomic E-state index is 14.1. The maximum Gasteiger partial charge on any atom is 0.159 e. The number of nitrogens with zero attached hydrogens (tertiary/aromatic N) is 4. The molecule has 1 N–H and O–H groups in total. The van der Waals surface area contributed by atoms with Crippen molar-refractivity contribution in [2.24, 2.45) is 0 Å². The normalized spacial score (nSPS) is 10.4. The molecule has 6 heteroatoms. The van der Waals surface area contributed by atoms with Crippen LogP contribution in [-0.2, 0) is 0 Å². The molecule has 0 fully saturated rings. The summed E-state index contributed by atoms with van der Waals surface area (Å²) >= 11 is 0. The minimum absolute atomic E-state index is 0.0113. The Morgan fingerprint density at radius 2 is 2.17 bits per heavy atom. The monoisotopic (exact) mass is 239 g/mol. The Kier molecular flexibility index (Phi) is 2.24. The van der Waals surface area contributed by atoms with Crippen molar-refractivity contribution in [3.63, 3.8) is 0 Å². The number of fused-ring (bicyclic) bond motifs is 1. The minimum Gasteiger partial charge on any atom is -0.261 e. The fraction of sp³-hybridized carbons (Fsp3) is 0. The van der Waals surface area contributed by atoms with E-state index in [9.17, 15) is 4.39 Å². The molecule has 1 aromatic carbocycles. The predicted molar refractivity (Wildman–Crippen MR) is 61.8 cm³/mol. The van der Waals surface area contributed by atoms with Crippen LogP contribution in [0.5, 0.6) is 0 Å². The maximum absolute atomic E-state index is 14.1. The van der Waals surface area contributed by atoms with Crippen LogP contribution in [0.2, 0.25) is 0 Å². The van der Waals surface area contributed by atoms with Crippen LogP contribution in [0.4, 0.5) is 4.39 Å². The fourth-order valence-corrected chi connectivity index (χ4v) is 1.78. The lowest BCUT2D eigenvalue weighted by molar-refractivity contribution is 0.627. The van der Waals surface area contributed by atoms with E-state index in [1.807, 2.05) is 0 Å². The number of aromatic amines is 1. The van der Waals surface area contributed by atoms with E-state index in [0.29, 0.717) is 16.7 Å². The van der Waals surface area contributed by atoms with Crippen molar-refractivity contribution in [1.29, 1.82) is 5.26 Å². The number of H-pyrrole nitrogens is 1. The smallest absolute Gasteiger partial charge is 0.159 e. The number of aromatic nitrogens is 4. The molecule has 0 radical (unpaired) electrons. The van der Waals surface area contributed by atoms with Gasteiger partial charge in [-0.2, -0.15) is 10.4 Å². The van der Waals surface area contributed by atoms with Gasteiger partial charge in [-0.25, -0.2) is 14.4 Å². The van der Waals surface area contributed by atoms with Crippen LogP contribution in [0.1, 0.15) is 5.56 Å². The second-order valence-corrected chi connectivity index (χ2v) is 3.63. The third-order valence-electron chi connectivity index (χ3n) is 2.62. The van der Waals surface area contributed by atoms with Crippen LogP contribution < -0.4 is 0 Å². The van der Waals surface area contributed by atoms with Crippen LogP contribution >= 0.6 is 0 Å². The van der Waals surface area contributed by atoms with Gasteiger partial charge in [0.15, 0.2) is 5.65 Å². The molecule has 5 nitrogen and oxygen atoms in total. The Bertz CT molecular complexity index is 771. The summed E-state index contributed by atoms with van der Waals surface area (Å²) in [6.45, 7) is 0. The predicted octanol–water partition coefficient (Wildman–Crippen LogP) is 2.03. The summed E-state index contributed by atoms with van der Waals surface area (Å²) in [6.07, 6.45) is 2.86. The fourth-order valence-electron chi connectivity index (χ4n) is 1.78. The van der Waals surface area contributed by atoms with Gasteiger partial charge in [0.05, 0.1) is 22.8 Å². The van der Waals surface area contributed by atoms with Crippen molar-refractivity contribution in [3.8, 4) is 17.3 Å². The quantitative estimate of drug-likeness (QED) is 0.704. The minimum atomic E-state index is -0.582. The highest BCUT2D eigenvalue weighted by atomic mass is 19.1. The highest BCUT2D eigenvalue weighted by Crippen LogP contribution is 2.27. The standard InChI is InChI=1S/C12H6FN5/c13-10-7(4-14)2-1-3-8(10)11-9-5-17-18-12(9)16-6-15-11/h1-3,5-6H,(H,15,16,17,18). The number of nitrogens with one attached hydrogen (secondary N) is 1. The molecular formula is C12H6FN5. The van der Waals surface area contributed by atoms with Crippen molar-refractivity contribution in [2.75, 3.05) is 0 Å². The van der Waals surface area contributed by atoms with Crippen molar-refractivity contribution in [1.82, 2.24) is 20.2 Å². The Morgan fingerprint density at radius 3 is 3.00 bits per heavy atom. The topological polar surface area (TPSA) is 78.2 Å². The Hall–Kier alpha value is -2.81. The van der Waals surface area contributed by atoms with Gasteiger partial charge in [-0.1, -0.05) is 6.07 Å². The molecule has 2 heterocycles. The number of nitriles is 1. The molecular weight excluding hydrogens is 233 g/mol. The number of benzene rings is 1. The molecule has 0 bridgehead atoms. The molecule has 0 amide bonds. The van der Waals surface area contributed by atoms with Crippen molar-refractivity contribution in [3.05, 3.63) is 42.1 Å². The van der Waals surface area contributed by atoms with Gasteiger partial charge in [-0.3, -0.25) is 5.10 Å². The molecule has 2 aromatic heterocycles. The molecule has 0 saturated carbocycles. The van der Waals surface area contributed by atoms with E-state index < -0.39 is 5.82 Å². The van der Waals surface area contributed by atoms with E-state index in [0.717, 1.165) is 0 Å². The van der Waals surface area contributed by atoms with Crippen LogP contribution in [0.3, 0.4) is 0 Å². The number of rotatable bonds is 1. The van der Waals surface area contributed by atoms with Gasteiger partial charge in [-0.05, 0) is 12.1 Å². The lowest BCUT2D eigenvalue weighted by atomic mass is 10.1. The zero-order valence-corrected chi connectivity index (χ0v) is 9.05. The van der Waals surface area contributed by atoms with E-state index in [1.165, 1.54) is 18.6 Å². The molecule has 0 aliphatic rings. The second kappa shape index (κ2) is 3.89. The molecule has 0 atom stereocenters. The largest absolute Gasteiger partial charge is 0.261 e. The SMILES string of the molecule is N#Cc1cccc(-c2ncnc3[nH]ncc23)c1F. The summed E-state index contributed by atoms with van der Waals surface area (Å²) < 4.78 is 14.1. The lowest BCUT2D eigenvalue weighted by Crippen LogP contribution is -1.93. The first-order chi connectivity index (χ1) is 8.81. The van der Waals surface area contributed by atoms with Crippen LogP contribution in [0.25, 0.3) is 22.3 Å². The zero-order valence-electron chi connectivity index (χ0n) is 9.05. The Balaban J connectivity index is 2.34. The van der Waals surface area contributed by atoms with E-state index in [2.05, 4.69) is 20.2 Å². The van der Waals surface area contributed by atoms with E-state index in [4.69, 9.17) is 5.26 Å². The Labute approximate surface area is 101 Å². The molecule has 3 aromatic rings. The number of hydrogen-bond donors (Lipinski definition) is 1. The second-order valence-electron chi connectivity index (χ2n) is 3.63. The summed E-state index contributed by atoms with van der Waals surface area (Å²) in [5, 5.41) is 16.0. The van der Waals surface area contributed by atoms with E-state index >= 15 is 0 Å². The summed E-state index contributed by atoms with van der Waals surface area (Å²) in [4.78, 5) is 8.05. The van der Waals surface area contributed by atoms with Crippen LogP contribution in [-0.4, -0.2) is 20.2 Å². The number of hydrogen-bond acceptors (Lipinski definition) is 4. The average molecular weight is 239 g/mol. The van der Waals surface area contributed by atoms with Gasteiger partial charge in [0, 0.05) is 5.56 Å². The third-order valence-corrected chi connectivity index (χ3v) is 2.62. The van der Waals surface area contributed by atoms with Crippen molar-refractivity contribution in [2.45, 2.75) is 0 Å². The number of halogens is 1. The summed E-state index contributed by atoms with van der Waals surface area (Å²) in [6, 6.07) is 6.42. The van der Waals surface area contributed by atoms with Crippen LogP contribution in [0, 0.1) is 17.1 Å². The highest BCUT2D eigenvalue weighted by molar-refractivity contribution is 5.89. The van der Waals surface area contributed by atoms with Gasteiger partial charge >= 0.3 is 0 Å². The average Bonchev–Trinajstić information content (AvgIpc) is 2.87. The molecule has 0 spiro atoms. The van der Waals surface area contributed by atoms with Crippen molar-refractivity contribution >= 4 is 11.0 Å². The highest BCUT2D eigenvalue weighted by Gasteiger charge is 2.14. The third kappa shape index (κ3) is 1.42. The molecule has 18 heavy (non-hydrogen) atoms. The van der Waals surface area contributed by atoms with Gasteiger partial charge in [0.2, 0.25) is 0 Å². The van der Waals surface area contributed by atoms with Gasteiger partial charge in [0.25, 0.3) is 0 Å². The molecule has 3 rings (SSSR count). The van der Waals surface area contributed by atoms with Gasteiger partial charge < -0.3 is 0 Å². The molecule has 0 unspecified atom stereocenters. The lowest BCUT2D eigenvalue weighted by Gasteiger charge is -2.04. The first-order valence-corrected chi connectivity index (χ1v) is 5.14. The van der Waals surface area contributed by atoms with Crippen LogP contribution in [0.15, 0.2) is 30.7 Å². The zero-order chi connectivity index (χ0) is 12.5. The van der Waals surface area contributed by atoms with E-state index in [-0.39, 0.29) is 11.1 Å². The van der Waals surface area contributed by atoms with Crippen molar-refractivity contribution < 1.29 is 4.39 Å². The Morgan fingerprint density at radius 1 is 1.28 bits per heavy atom. The molecule has 0 saturated heterocycles. The molecule has 0 aliphatic heterocycles.